The molecule has 3 N–H and O–H groups in total. The summed E-state index contributed by atoms with van der Waals surface area (Å²) in [6.07, 6.45) is 3.38. The molecule has 0 aliphatic rings. The van der Waals surface area contributed by atoms with Gasteiger partial charge in [-0.3, -0.25) is 14.7 Å². The Kier molecular flexibility index (Phi) is 4.08. The van der Waals surface area contributed by atoms with Crippen LogP contribution < -0.4 is 10.6 Å². The van der Waals surface area contributed by atoms with Gasteiger partial charge < -0.3 is 10.6 Å². The number of amides is 2. The molecule has 0 atom stereocenters. The molecule has 9 heteroatoms. The van der Waals surface area contributed by atoms with Crippen LogP contribution in [0, 0.1) is 6.92 Å². The molecule has 9 nitrogen and oxygen atoms in total. The molecular formula is C11H15N7O2. The zero-order valence-electron chi connectivity index (χ0n) is 11.2. The first-order chi connectivity index (χ1) is 9.58. The van der Waals surface area contributed by atoms with Crippen LogP contribution in [0.15, 0.2) is 12.4 Å². The summed E-state index contributed by atoms with van der Waals surface area (Å²) in [5, 5.41) is 19.3. The lowest BCUT2D eigenvalue weighted by molar-refractivity contribution is -0.117. The molecule has 20 heavy (non-hydrogen) atoms. The molecule has 0 saturated heterocycles. The molecule has 0 bridgehead atoms. The molecule has 2 heterocycles. The Morgan fingerprint density at radius 3 is 2.80 bits per heavy atom. The van der Waals surface area contributed by atoms with Gasteiger partial charge >= 0.3 is 0 Å². The molecule has 2 amide bonds. The van der Waals surface area contributed by atoms with Crippen LogP contribution in [0.1, 0.15) is 19.0 Å². The van der Waals surface area contributed by atoms with E-state index >= 15 is 0 Å². The summed E-state index contributed by atoms with van der Waals surface area (Å²) in [5.41, 5.74) is 1.39. The molecule has 106 valence electrons. The maximum absolute atomic E-state index is 11.8. The molecule has 0 spiro atoms. The number of hydrogen-bond donors (Lipinski definition) is 3. The first-order valence-corrected chi connectivity index (χ1v) is 6.08. The Morgan fingerprint density at radius 2 is 2.15 bits per heavy atom. The number of rotatable bonds is 5. The predicted molar refractivity (Wildman–Crippen MR) is 70.9 cm³/mol. The van der Waals surface area contributed by atoms with E-state index in [-0.39, 0.29) is 18.4 Å². The van der Waals surface area contributed by atoms with E-state index in [1.54, 1.807) is 13.8 Å². The Hall–Kier alpha value is -2.71. The smallest absolute Gasteiger partial charge is 0.246 e. The number of hydrogen-bond acceptors (Lipinski definition) is 5. The van der Waals surface area contributed by atoms with Gasteiger partial charge in [0.15, 0.2) is 5.82 Å². The van der Waals surface area contributed by atoms with Gasteiger partial charge in [0.2, 0.25) is 11.8 Å². The summed E-state index contributed by atoms with van der Waals surface area (Å²) < 4.78 is 1.34. The van der Waals surface area contributed by atoms with Crippen molar-refractivity contribution in [3.63, 3.8) is 0 Å². The molecule has 0 aromatic carbocycles. The van der Waals surface area contributed by atoms with Gasteiger partial charge in [0.05, 0.1) is 23.8 Å². The van der Waals surface area contributed by atoms with E-state index in [1.807, 2.05) is 0 Å². The molecule has 0 aliphatic carbocycles. The summed E-state index contributed by atoms with van der Waals surface area (Å²) in [7, 11) is 0. The molecule has 0 unspecified atom stereocenters. The second kappa shape index (κ2) is 5.95. The van der Waals surface area contributed by atoms with E-state index in [2.05, 4.69) is 31.1 Å². The van der Waals surface area contributed by atoms with Gasteiger partial charge in [-0.05, 0) is 6.92 Å². The van der Waals surface area contributed by atoms with Crippen molar-refractivity contribution in [2.75, 3.05) is 10.6 Å². The van der Waals surface area contributed by atoms with Crippen molar-refractivity contribution >= 4 is 23.3 Å². The Balaban J connectivity index is 1.91. The van der Waals surface area contributed by atoms with E-state index in [0.29, 0.717) is 17.9 Å². The van der Waals surface area contributed by atoms with Gasteiger partial charge in [0.25, 0.3) is 0 Å². The van der Waals surface area contributed by atoms with Gasteiger partial charge in [-0.25, -0.2) is 4.68 Å². The molecule has 0 radical (unpaired) electrons. The molecule has 0 fully saturated rings. The second-order valence-corrected chi connectivity index (χ2v) is 4.16. The van der Waals surface area contributed by atoms with Gasteiger partial charge in [0, 0.05) is 6.42 Å². The second-order valence-electron chi connectivity index (χ2n) is 4.16. The fraction of sp³-hybridized carbons (Fsp3) is 0.364. The quantitative estimate of drug-likeness (QED) is 0.726. The SMILES string of the molecule is CCC(=O)Nc1cn(CC(=O)Nc2cn[nH]c2C)nn1. The number of anilines is 2. The van der Waals surface area contributed by atoms with Crippen molar-refractivity contribution in [1.82, 2.24) is 25.2 Å². The van der Waals surface area contributed by atoms with Crippen LogP contribution >= 0.6 is 0 Å². The minimum atomic E-state index is -0.257. The van der Waals surface area contributed by atoms with Crippen LogP contribution in [-0.4, -0.2) is 37.0 Å². The highest BCUT2D eigenvalue weighted by Crippen LogP contribution is 2.09. The van der Waals surface area contributed by atoms with E-state index in [9.17, 15) is 9.59 Å². The van der Waals surface area contributed by atoms with Crippen molar-refractivity contribution < 1.29 is 9.59 Å². The van der Waals surface area contributed by atoms with E-state index in [4.69, 9.17) is 0 Å². The first kappa shape index (κ1) is 13.7. The number of aromatic amines is 1. The Bertz CT molecular complexity index is 616. The maximum Gasteiger partial charge on any atom is 0.246 e. The van der Waals surface area contributed by atoms with Crippen LogP contribution in [0.25, 0.3) is 0 Å². The highest BCUT2D eigenvalue weighted by atomic mass is 16.2. The Morgan fingerprint density at radius 1 is 1.35 bits per heavy atom. The Labute approximate surface area is 114 Å². The topological polar surface area (TPSA) is 118 Å². The van der Waals surface area contributed by atoms with Crippen LogP contribution in [0.2, 0.25) is 0 Å². The predicted octanol–water partition coefficient (Wildman–Crippen LogP) is 0.297. The van der Waals surface area contributed by atoms with Gasteiger partial charge in [-0.2, -0.15) is 5.10 Å². The molecule has 2 rings (SSSR count). The number of carbonyl (C=O) groups excluding carboxylic acids is 2. The number of aryl methyl sites for hydroxylation is 1. The van der Waals surface area contributed by atoms with Gasteiger partial charge in [0.1, 0.15) is 6.54 Å². The lowest BCUT2D eigenvalue weighted by atomic mass is 10.4. The van der Waals surface area contributed by atoms with E-state index < -0.39 is 0 Å². The largest absolute Gasteiger partial charge is 0.322 e. The monoisotopic (exact) mass is 277 g/mol. The average molecular weight is 277 g/mol. The third kappa shape index (κ3) is 3.40. The number of nitrogens with one attached hydrogen (secondary N) is 3. The summed E-state index contributed by atoms with van der Waals surface area (Å²) in [5.74, 6) is -0.0903. The average Bonchev–Trinajstić information content (AvgIpc) is 3.00. The fourth-order valence-corrected chi connectivity index (χ4v) is 1.48. The van der Waals surface area contributed by atoms with Crippen LogP contribution in [0.5, 0.6) is 0 Å². The summed E-state index contributed by atoms with van der Waals surface area (Å²) >= 11 is 0. The molecule has 0 saturated carbocycles. The first-order valence-electron chi connectivity index (χ1n) is 6.08. The fourth-order valence-electron chi connectivity index (χ4n) is 1.48. The van der Waals surface area contributed by atoms with Crippen molar-refractivity contribution in [2.24, 2.45) is 0 Å². The third-order valence-electron chi connectivity index (χ3n) is 2.54. The minimum Gasteiger partial charge on any atom is -0.322 e. The minimum absolute atomic E-state index is 0.000381. The van der Waals surface area contributed by atoms with Crippen LogP contribution in [0.3, 0.4) is 0 Å². The zero-order valence-corrected chi connectivity index (χ0v) is 11.2. The summed E-state index contributed by atoms with van der Waals surface area (Å²) in [4.78, 5) is 23.0. The third-order valence-corrected chi connectivity index (χ3v) is 2.54. The van der Waals surface area contributed by atoms with Crippen molar-refractivity contribution in [2.45, 2.75) is 26.8 Å². The van der Waals surface area contributed by atoms with Gasteiger partial charge in [-0.1, -0.05) is 12.1 Å². The lowest BCUT2D eigenvalue weighted by Crippen LogP contribution is -2.19. The van der Waals surface area contributed by atoms with Gasteiger partial charge in [-0.15, -0.1) is 5.10 Å². The normalized spacial score (nSPS) is 10.3. The molecule has 0 aliphatic heterocycles. The zero-order chi connectivity index (χ0) is 14.5. The highest BCUT2D eigenvalue weighted by molar-refractivity contribution is 5.91. The van der Waals surface area contributed by atoms with Crippen molar-refractivity contribution in [3.8, 4) is 0 Å². The van der Waals surface area contributed by atoms with Crippen LogP contribution in [0.4, 0.5) is 11.5 Å². The summed E-state index contributed by atoms with van der Waals surface area (Å²) in [6, 6.07) is 0. The van der Waals surface area contributed by atoms with E-state index in [0.717, 1.165) is 5.69 Å². The summed E-state index contributed by atoms with van der Waals surface area (Å²) in [6.45, 7) is 3.54. The number of carbonyl (C=O) groups is 2. The van der Waals surface area contributed by atoms with Crippen LogP contribution in [-0.2, 0) is 16.1 Å². The molecular weight excluding hydrogens is 262 g/mol. The number of nitrogens with zero attached hydrogens (tertiary/aromatic N) is 4. The highest BCUT2D eigenvalue weighted by Gasteiger charge is 2.09. The number of H-pyrrole nitrogens is 1. The maximum atomic E-state index is 11.8. The van der Waals surface area contributed by atoms with E-state index in [1.165, 1.54) is 17.1 Å². The lowest BCUT2D eigenvalue weighted by Gasteiger charge is -2.02. The molecule has 2 aromatic rings. The standard InChI is InChI=1S/C11H15N7O2/c1-3-10(19)14-9-5-18(17-16-9)6-11(20)13-8-4-12-15-7(8)2/h4-5H,3,6H2,1-2H3,(H,12,15)(H,13,20)(H,14,19). The van der Waals surface area contributed by atoms with Crippen molar-refractivity contribution in [1.29, 1.82) is 0 Å². The van der Waals surface area contributed by atoms with Crippen molar-refractivity contribution in [3.05, 3.63) is 18.1 Å². The molecule has 2 aromatic heterocycles. The number of aromatic nitrogens is 5.